The first-order chi connectivity index (χ1) is 8.13. The average Bonchev–Trinajstić information content (AvgIpc) is 2.34. The van der Waals surface area contributed by atoms with Crippen LogP contribution in [-0.4, -0.2) is 29.4 Å². The molecule has 1 aromatic carbocycles. The van der Waals surface area contributed by atoms with Gasteiger partial charge in [-0.05, 0) is 30.7 Å². The number of esters is 1. The maximum atomic E-state index is 11.2. The second-order valence-corrected chi connectivity index (χ2v) is 4.39. The van der Waals surface area contributed by atoms with Crippen molar-refractivity contribution >= 4 is 23.7 Å². The van der Waals surface area contributed by atoms with Crippen LogP contribution in [0.25, 0.3) is 0 Å². The van der Waals surface area contributed by atoms with Gasteiger partial charge in [0.25, 0.3) is 0 Å². The normalized spacial score (nSPS) is 9.94. The molecule has 0 aromatic heterocycles. The summed E-state index contributed by atoms with van der Waals surface area (Å²) >= 11 is 1.33. The van der Waals surface area contributed by atoms with Crippen LogP contribution in [0.3, 0.4) is 0 Å². The first kappa shape index (κ1) is 13.6. The summed E-state index contributed by atoms with van der Waals surface area (Å²) < 4.78 is 4.92. The van der Waals surface area contributed by atoms with Crippen LogP contribution in [0.2, 0.25) is 0 Å². The molecule has 0 amide bonds. The molecule has 0 aliphatic heterocycles. The molecule has 0 unspecified atom stereocenters. The molecule has 0 spiro atoms. The Balaban J connectivity index is 2.42. The van der Waals surface area contributed by atoms with Crippen LogP contribution in [-0.2, 0) is 9.53 Å². The van der Waals surface area contributed by atoms with Crippen molar-refractivity contribution in [3.8, 4) is 0 Å². The van der Waals surface area contributed by atoms with Crippen LogP contribution < -0.4 is 0 Å². The van der Waals surface area contributed by atoms with Gasteiger partial charge in [0.15, 0.2) is 0 Å². The molecule has 0 saturated carbocycles. The molecule has 1 rings (SSSR count). The van der Waals surface area contributed by atoms with E-state index in [9.17, 15) is 9.59 Å². The quantitative estimate of drug-likeness (QED) is 0.624. The topological polar surface area (TPSA) is 63.6 Å². The van der Waals surface area contributed by atoms with Gasteiger partial charge in [0.2, 0.25) is 0 Å². The predicted molar refractivity (Wildman–Crippen MR) is 65.4 cm³/mol. The summed E-state index contributed by atoms with van der Waals surface area (Å²) in [5.74, 6) is -0.963. The number of thioether (sulfide) groups is 1. The summed E-state index contributed by atoms with van der Waals surface area (Å²) in [4.78, 5) is 22.7. The van der Waals surface area contributed by atoms with Crippen LogP contribution in [0.4, 0.5) is 0 Å². The fourth-order valence-electron chi connectivity index (χ4n) is 1.09. The second kappa shape index (κ2) is 6.96. The van der Waals surface area contributed by atoms with Gasteiger partial charge in [-0.1, -0.05) is 6.92 Å². The Bertz CT molecular complexity index is 386. The molecule has 0 heterocycles. The lowest BCUT2D eigenvalue weighted by molar-refractivity contribution is -0.140. The van der Waals surface area contributed by atoms with Crippen molar-refractivity contribution in [2.24, 2.45) is 0 Å². The van der Waals surface area contributed by atoms with E-state index in [1.807, 2.05) is 6.92 Å². The molecule has 17 heavy (non-hydrogen) atoms. The molecule has 4 nitrogen and oxygen atoms in total. The van der Waals surface area contributed by atoms with Gasteiger partial charge in [-0.3, -0.25) is 4.79 Å². The standard InChI is InChI=1S/C12H14O4S/c1-2-7-16-11(13)8-17-10-5-3-9(4-6-10)12(14)15/h3-6H,2,7-8H2,1H3,(H,14,15). The third kappa shape index (κ3) is 4.91. The van der Waals surface area contributed by atoms with Gasteiger partial charge < -0.3 is 9.84 Å². The zero-order valence-corrected chi connectivity index (χ0v) is 10.3. The Hall–Kier alpha value is -1.49. The molecule has 0 saturated heterocycles. The van der Waals surface area contributed by atoms with Crippen LogP contribution >= 0.6 is 11.8 Å². The lowest BCUT2D eigenvalue weighted by Gasteiger charge is -2.03. The summed E-state index contributed by atoms with van der Waals surface area (Å²) in [7, 11) is 0. The Morgan fingerprint density at radius 3 is 2.47 bits per heavy atom. The van der Waals surface area contributed by atoms with Crippen molar-refractivity contribution in [1.82, 2.24) is 0 Å². The first-order valence-corrected chi connectivity index (χ1v) is 6.24. The minimum absolute atomic E-state index is 0.239. The number of benzene rings is 1. The van der Waals surface area contributed by atoms with Crippen molar-refractivity contribution in [2.45, 2.75) is 18.2 Å². The van der Waals surface area contributed by atoms with E-state index >= 15 is 0 Å². The van der Waals surface area contributed by atoms with E-state index in [-0.39, 0.29) is 17.3 Å². The van der Waals surface area contributed by atoms with E-state index in [0.29, 0.717) is 6.61 Å². The van der Waals surface area contributed by atoms with Crippen molar-refractivity contribution < 1.29 is 19.4 Å². The third-order valence-electron chi connectivity index (χ3n) is 1.93. The van der Waals surface area contributed by atoms with Gasteiger partial charge in [0.1, 0.15) is 0 Å². The highest BCUT2D eigenvalue weighted by atomic mass is 32.2. The molecule has 5 heteroatoms. The lowest BCUT2D eigenvalue weighted by Crippen LogP contribution is -2.07. The molecule has 0 aliphatic rings. The van der Waals surface area contributed by atoms with E-state index in [0.717, 1.165) is 11.3 Å². The van der Waals surface area contributed by atoms with Crippen LogP contribution in [0.5, 0.6) is 0 Å². The zero-order chi connectivity index (χ0) is 12.7. The van der Waals surface area contributed by atoms with E-state index in [2.05, 4.69) is 0 Å². The van der Waals surface area contributed by atoms with Crippen LogP contribution in [0, 0.1) is 0 Å². The van der Waals surface area contributed by atoms with E-state index < -0.39 is 5.97 Å². The van der Waals surface area contributed by atoms with Crippen LogP contribution in [0.1, 0.15) is 23.7 Å². The summed E-state index contributed by atoms with van der Waals surface area (Å²) in [5.41, 5.74) is 0.239. The van der Waals surface area contributed by atoms with Crippen molar-refractivity contribution in [3.05, 3.63) is 29.8 Å². The molecular formula is C12H14O4S. The fourth-order valence-corrected chi connectivity index (χ4v) is 1.79. The van der Waals surface area contributed by atoms with Crippen LogP contribution in [0.15, 0.2) is 29.2 Å². The Morgan fingerprint density at radius 2 is 1.94 bits per heavy atom. The van der Waals surface area contributed by atoms with Crippen molar-refractivity contribution in [1.29, 1.82) is 0 Å². The van der Waals surface area contributed by atoms with Crippen molar-refractivity contribution in [2.75, 3.05) is 12.4 Å². The molecule has 0 aliphatic carbocycles. The maximum absolute atomic E-state index is 11.2. The smallest absolute Gasteiger partial charge is 0.335 e. The highest BCUT2D eigenvalue weighted by Crippen LogP contribution is 2.18. The average molecular weight is 254 g/mol. The second-order valence-electron chi connectivity index (χ2n) is 3.34. The fraction of sp³-hybridized carbons (Fsp3) is 0.333. The summed E-state index contributed by atoms with van der Waals surface area (Å²) in [6.07, 6.45) is 0.809. The summed E-state index contributed by atoms with van der Waals surface area (Å²) in [5, 5.41) is 8.71. The number of carboxylic acids is 1. The Morgan fingerprint density at radius 1 is 1.29 bits per heavy atom. The first-order valence-electron chi connectivity index (χ1n) is 5.25. The highest BCUT2D eigenvalue weighted by molar-refractivity contribution is 8.00. The molecule has 0 fully saturated rings. The number of aromatic carboxylic acids is 1. The van der Waals surface area contributed by atoms with Gasteiger partial charge >= 0.3 is 11.9 Å². The highest BCUT2D eigenvalue weighted by Gasteiger charge is 2.05. The van der Waals surface area contributed by atoms with E-state index in [1.54, 1.807) is 12.1 Å². The minimum Gasteiger partial charge on any atom is -0.478 e. The molecule has 1 N–H and O–H groups in total. The van der Waals surface area contributed by atoms with E-state index in [4.69, 9.17) is 9.84 Å². The maximum Gasteiger partial charge on any atom is 0.335 e. The summed E-state index contributed by atoms with van der Waals surface area (Å²) in [6, 6.07) is 6.40. The SMILES string of the molecule is CCCOC(=O)CSc1ccc(C(=O)O)cc1. The van der Waals surface area contributed by atoms with Crippen molar-refractivity contribution in [3.63, 3.8) is 0 Å². The Labute approximate surface area is 104 Å². The molecule has 0 bridgehead atoms. The Kier molecular flexibility index (Phi) is 5.56. The molecular weight excluding hydrogens is 240 g/mol. The summed E-state index contributed by atoms with van der Waals surface area (Å²) in [6.45, 7) is 2.38. The largest absolute Gasteiger partial charge is 0.478 e. The molecule has 0 radical (unpaired) electrons. The monoisotopic (exact) mass is 254 g/mol. The predicted octanol–water partition coefficient (Wildman–Crippen LogP) is 2.43. The third-order valence-corrected chi connectivity index (χ3v) is 2.91. The van der Waals surface area contributed by atoms with Gasteiger partial charge in [0, 0.05) is 4.90 Å². The van der Waals surface area contributed by atoms with E-state index in [1.165, 1.54) is 23.9 Å². The minimum atomic E-state index is -0.955. The molecule has 92 valence electrons. The number of carbonyl (C=O) groups is 2. The number of ether oxygens (including phenoxy) is 1. The molecule has 0 atom stereocenters. The lowest BCUT2D eigenvalue weighted by atomic mass is 10.2. The number of rotatable bonds is 6. The van der Waals surface area contributed by atoms with Gasteiger partial charge in [-0.2, -0.15) is 0 Å². The number of carbonyl (C=O) groups excluding carboxylic acids is 1. The number of hydrogen-bond donors (Lipinski definition) is 1. The molecule has 1 aromatic rings. The van der Waals surface area contributed by atoms with Gasteiger partial charge in [0.05, 0.1) is 17.9 Å². The number of hydrogen-bond acceptors (Lipinski definition) is 4. The zero-order valence-electron chi connectivity index (χ0n) is 9.51. The number of carboxylic acid groups (broad SMARTS) is 1. The van der Waals surface area contributed by atoms with Gasteiger partial charge in [-0.25, -0.2) is 4.79 Å². The van der Waals surface area contributed by atoms with Gasteiger partial charge in [-0.15, -0.1) is 11.8 Å².